The van der Waals surface area contributed by atoms with Crippen molar-refractivity contribution in [2.75, 3.05) is 6.61 Å². The molecular weight excluding hydrogens is 188 g/mol. The van der Waals surface area contributed by atoms with E-state index >= 15 is 0 Å². The van der Waals surface area contributed by atoms with Gasteiger partial charge >= 0.3 is 0 Å². The number of hydrogen-bond donors (Lipinski definition) is 3. The standard InChI is InChI=1S/C12H16N2O/c1-9(8-15)13-6-10-7-14-12-5-3-2-4-11(10)12/h2-5,7,9,13-15H,6,8H2,1H3/t9-/m1/s1. The smallest absolute Gasteiger partial charge is 0.0582 e. The first kappa shape index (κ1) is 10.2. The third-order valence-corrected chi connectivity index (χ3v) is 2.59. The molecule has 2 aromatic rings. The lowest BCUT2D eigenvalue weighted by Crippen LogP contribution is -2.28. The molecule has 1 heterocycles. The van der Waals surface area contributed by atoms with Crippen molar-refractivity contribution in [1.82, 2.24) is 10.3 Å². The number of hydrogen-bond acceptors (Lipinski definition) is 2. The lowest BCUT2D eigenvalue weighted by Gasteiger charge is -2.09. The molecule has 0 aliphatic heterocycles. The maximum atomic E-state index is 8.91. The summed E-state index contributed by atoms with van der Waals surface area (Å²) in [7, 11) is 0. The first-order valence-corrected chi connectivity index (χ1v) is 5.20. The van der Waals surface area contributed by atoms with Crippen LogP contribution >= 0.6 is 0 Å². The number of rotatable bonds is 4. The monoisotopic (exact) mass is 204 g/mol. The maximum absolute atomic E-state index is 8.91. The van der Waals surface area contributed by atoms with Gasteiger partial charge < -0.3 is 15.4 Å². The van der Waals surface area contributed by atoms with Gasteiger partial charge in [-0.05, 0) is 18.6 Å². The number of nitrogens with one attached hydrogen (secondary N) is 2. The molecule has 0 amide bonds. The highest BCUT2D eigenvalue weighted by molar-refractivity contribution is 5.82. The van der Waals surface area contributed by atoms with Crippen molar-refractivity contribution < 1.29 is 5.11 Å². The summed E-state index contributed by atoms with van der Waals surface area (Å²) in [5.41, 5.74) is 2.40. The molecule has 0 spiro atoms. The van der Waals surface area contributed by atoms with E-state index in [1.54, 1.807) is 0 Å². The fourth-order valence-corrected chi connectivity index (χ4v) is 1.63. The summed E-state index contributed by atoms with van der Waals surface area (Å²) in [5.74, 6) is 0. The highest BCUT2D eigenvalue weighted by Crippen LogP contribution is 2.17. The zero-order valence-electron chi connectivity index (χ0n) is 8.83. The molecule has 3 nitrogen and oxygen atoms in total. The second kappa shape index (κ2) is 4.47. The second-order valence-electron chi connectivity index (χ2n) is 3.82. The molecule has 0 aliphatic rings. The van der Waals surface area contributed by atoms with Gasteiger partial charge in [0.1, 0.15) is 0 Å². The van der Waals surface area contributed by atoms with E-state index in [0.29, 0.717) is 0 Å². The van der Waals surface area contributed by atoms with Crippen LogP contribution in [0.15, 0.2) is 30.5 Å². The van der Waals surface area contributed by atoms with Crippen LogP contribution in [0.25, 0.3) is 10.9 Å². The Hall–Kier alpha value is -1.32. The molecule has 1 aromatic carbocycles. The Morgan fingerprint density at radius 1 is 1.40 bits per heavy atom. The molecule has 0 saturated heterocycles. The van der Waals surface area contributed by atoms with Gasteiger partial charge in [-0.15, -0.1) is 0 Å². The van der Waals surface area contributed by atoms with Crippen molar-refractivity contribution in [2.45, 2.75) is 19.5 Å². The molecule has 3 heteroatoms. The van der Waals surface area contributed by atoms with Crippen LogP contribution in [-0.4, -0.2) is 22.7 Å². The van der Waals surface area contributed by atoms with Crippen LogP contribution in [0.1, 0.15) is 12.5 Å². The van der Waals surface area contributed by atoms with Crippen molar-refractivity contribution in [3.05, 3.63) is 36.0 Å². The predicted octanol–water partition coefficient (Wildman–Crippen LogP) is 1.64. The van der Waals surface area contributed by atoms with Crippen molar-refractivity contribution in [2.24, 2.45) is 0 Å². The van der Waals surface area contributed by atoms with Crippen LogP contribution in [0, 0.1) is 0 Å². The molecule has 0 aliphatic carbocycles. The van der Waals surface area contributed by atoms with Gasteiger partial charge in [0.15, 0.2) is 0 Å². The van der Waals surface area contributed by atoms with Crippen molar-refractivity contribution in [1.29, 1.82) is 0 Å². The van der Waals surface area contributed by atoms with E-state index in [0.717, 1.165) is 12.1 Å². The molecule has 3 N–H and O–H groups in total. The summed E-state index contributed by atoms with van der Waals surface area (Å²) in [6, 6.07) is 8.36. The van der Waals surface area contributed by atoms with Gasteiger partial charge in [0, 0.05) is 29.7 Å². The number of H-pyrrole nitrogens is 1. The average Bonchev–Trinajstić information content (AvgIpc) is 2.69. The maximum Gasteiger partial charge on any atom is 0.0582 e. The van der Waals surface area contributed by atoms with Crippen molar-refractivity contribution in [3.63, 3.8) is 0 Å². The van der Waals surface area contributed by atoms with Gasteiger partial charge in [-0.2, -0.15) is 0 Å². The largest absolute Gasteiger partial charge is 0.395 e. The summed E-state index contributed by atoms with van der Waals surface area (Å²) in [5, 5.41) is 13.4. The minimum Gasteiger partial charge on any atom is -0.395 e. The van der Waals surface area contributed by atoms with E-state index in [9.17, 15) is 0 Å². The highest BCUT2D eigenvalue weighted by atomic mass is 16.3. The Labute approximate surface area is 89.1 Å². The van der Waals surface area contributed by atoms with Gasteiger partial charge in [0.2, 0.25) is 0 Å². The van der Waals surface area contributed by atoms with E-state index < -0.39 is 0 Å². The Morgan fingerprint density at radius 3 is 3.00 bits per heavy atom. The Balaban J connectivity index is 2.14. The van der Waals surface area contributed by atoms with Gasteiger partial charge in [-0.25, -0.2) is 0 Å². The van der Waals surface area contributed by atoms with Gasteiger partial charge in [0.05, 0.1) is 6.61 Å². The van der Waals surface area contributed by atoms with Crippen LogP contribution in [0.4, 0.5) is 0 Å². The molecule has 0 saturated carbocycles. The van der Waals surface area contributed by atoms with Crippen LogP contribution in [0.2, 0.25) is 0 Å². The lowest BCUT2D eigenvalue weighted by atomic mass is 10.1. The molecule has 15 heavy (non-hydrogen) atoms. The Morgan fingerprint density at radius 2 is 2.20 bits per heavy atom. The molecule has 80 valence electrons. The van der Waals surface area contributed by atoms with Gasteiger partial charge in [-0.1, -0.05) is 18.2 Å². The number of fused-ring (bicyclic) bond motifs is 1. The SMILES string of the molecule is C[C@H](CO)NCc1c[nH]c2ccccc12. The minimum absolute atomic E-state index is 0.138. The topological polar surface area (TPSA) is 48.0 Å². The molecule has 0 bridgehead atoms. The normalized spacial score (nSPS) is 13.2. The van der Waals surface area contributed by atoms with Crippen molar-refractivity contribution >= 4 is 10.9 Å². The fraction of sp³-hybridized carbons (Fsp3) is 0.333. The minimum atomic E-state index is 0.138. The van der Waals surface area contributed by atoms with E-state index in [-0.39, 0.29) is 12.6 Å². The summed E-state index contributed by atoms with van der Waals surface area (Å²) >= 11 is 0. The second-order valence-corrected chi connectivity index (χ2v) is 3.82. The van der Waals surface area contributed by atoms with Gasteiger partial charge in [0.25, 0.3) is 0 Å². The third-order valence-electron chi connectivity index (χ3n) is 2.59. The molecule has 1 aromatic heterocycles. The molecule has 0 unspecified atom stereocenters. The van der Waals surface area contributed by atoms with E-state index in [1.807, 2.05) is 25.3 Å². The van der Waals surface area contributed by atoms with E-state index in [4.69, 9.17) is 5.11 Å². The molecular formula is C12H16N2O. The summed E-state index contributed by atoms with van der Waals surface area (Å²) in [6.07, 6.45) is 2.02. The number of aliphatic hydroxyl groups is 1. The van der Waals surface area contributed by atoms with Crippen LogP contribution in [-0.2, 0) is 6.54 Å². The quantitative estimate of drug-likeness (QED) is 0.709. The number of aromatic nitrogens is 1. The van der Waals surface area contributed by atoms with E-state index in [2.05, 4.69) is 22.4 Å². The number of benzene rings is 1. The summed E-state index contributed by atoms with van der Waals surface area (Å²) in [6.45, 7) is 2.92. The zero-order chi connectivity index (χ0) is 10.7. The number of aliphatic hydroxyl groups excluding tert-OH is 1. The van der Waals surface area contributed by atoms with Gasteiger partial charge in [-0.3, -0.25) is 0 Å². The molecule has 1 atom stereocenters. The van der Waals surface area contributed by atoms with Crippen LogP contribution in [0.5, 0.6) is 0 Å². The van der Waals surface area contributed by atoms with Crippen molar-refractivity contribution in [3.8, 4) is 0 Å². The van der Waals surface area contributed by atoms with E-state index in [1.165, 1.54) is 10.9 Å². The first-order chi connectivity index (χ1) is 7.31. The average molecular weight is 204 g/mol. The molecule has 0 fully saturated rings. The first-order valence-electron chi connectivity index (χ1n) is 5.20. The van der Waals surface area contributed by atoms with Crippen LogP contribution in [0.3, 0.4) is 0 Å². The fourth-order valence-electron chi connectivity index (χ4n) is 1.63. The molecule has 0 radical (unpaired) electrons. The summed E-state index contributed by atoms with van der Waals surface area (Å²) in [4.78, 5) is 3.23. The Bertz CT molecular complexity index is 436. The number of para-hydroxylation sites is 1. The highest BCUT2D eigenvalue weighted by Gasteiger charge is 2.04. The number of aromatic amines is 1. The zero-order valence-corrected chi connectivity index (χ0v) is 8.83. The predicted molar refractivity (Wildman–Crippen MR) is 61.7 cm³/mol. The Kier molecular flexibility index (Phi) is 3.04. The third kappa shape index (κ3) is 2.19. The summed E-state index contributed by atoms with van der Waals surface area (Å²) < 4.78 is 0. The lowest BCUT2D eigenvalue weighted by molar-refractivity contribution is 0.251. The van der Waals surface area contributed by atoms with Crippen LogP contribution < -0.4 is 5.32 Å². The molecule has 2 rings (SSSR count).